The molecule has 7 aromatic rings. The van der Waals surface area contributed by atoms with E-state index in [-0.39, 0.29) is 0 Å². The van der Waals surface area contributed by atoms with Crippen molar-refractivity contribution in [3.63, 3.8) is 0 Å². The molecular weight excluding hydrogens is 550 g/mol. The fraction of sp³-hybridized carbons (Fsp3) is 0. The van der Waals surface area contributed by atoms with E-state index in [9.17, 15) is 0 Å². The van der Waals surface area contributed by atoms with Gasteiger partial charge in [-0.15, -0.1) is 0 Å². The quantitative estimate of drug-likeness (QED) is 0.203. The molecule has 5 aromatic carbocycles. The van der Waals surface area contributed by atoms with Crippen molar-refractivity contribution in [3.8, 4) is 16.8 Å². The topological polar surface area (TPSA) is 18.1 Å². The summed E-state index contributed by atoms with van der Waals surface area (Å²) < 4.78 is 10.9. The predicted octanol–water partition coefficient (Wildman–Crippen LogP) is 9.88. The van der Waals surface area contributed by atoms with Gasteiger partial charge in [0, 0.05) is 41.6 Å². The van der Waals surface area contributed by atoms with Crippen molar-refractivity contribution in [1.29, 1.82) is 0 Å². The molecular formula is C30H17Br2NO. The van der Waals surface area contributed by atoms with Crippen LogP contribution in [0.1, 0.15) is 0 Å². The number of furan rings is 1. The van der Waals surface area contributed by atoms with Crippen LogP contribution in [0.4, 0.5) is 0 Å². The number of benzene rings is 5. The third-order valence-corrected chi connectivity index (χ3v) is 7.52. The van der Waals surface area contributed by atoms with Crippen LogP contribution in [0.5, 0.6) is 0 Å². The standard InChI is InChI=1S/C30H17Br2NO/c31-18-12-14-27-24(16-18)25-17-19(32)13-15-28(25)33(27)26-10-3-1-6-20(26)22-8-5-9-23-21-7-2-4-11-29(21)34-30(22)23/h1-17H. The van der Waals surface area contributed by atoms with Gasteiger partial charge in [0.05, 0.1) is 16.7 Å². The van der Waals surface area contributed by atoms with Crippen molar-refractivity contribution >= 4 is 75.6 Å². The van der Waals surface area contributed by atoms with Gasteiger partial charge in [0.25, 0.3) is 0 Å². The SMILES string of the molecule is Brc1ccc2c(c1)c1cc(Br)ccc1n2-c1ccccc1-c1cccc2c1oc1ccccc12. The van der Waals surface area contributed by atoms with Gasteiger partial charge in [-0.1, -0.05) is 86.5 Å². The molecule has 0 N–H and O–H groups in total. The molecule has 34 heavy (non-hydrogen) atoms. The fourth-order valence-electron chi connectivity index (χ4n) is 5.08. The van der Waals surface area contributed by atoms with Crippen LogP contribution in [0.3, 0.4) is 0 Å². The molecule has 7 rings (SSSR count). The average molecular weight is 567 g/mol. The number of aromatic nitrogens is 1. The lowest BCUT2D eigenvalue weighted by Crippen LogP contribution is -1.97. The molecule has 0 unspecified atom stereocenters. The smallest absolute Gasteiger partial charge is 0.143 e. The first kappa shape index (κ1) is 20.1. The highest BCUT2D eigenvalue weighted by Crippen LogP contribution is 2.41. The lowest BCUT2D eigenvalue weighted by molar-refractivity contribution is 0.670. The van der Waals surface area contributed by atoms with Crippen LogP contribution in [0.2, 0.25) is 0 Å². The lowest BCUT2D eigenvalue weighted by atomic mass is 10.0. The fourth-order valence-corrected chi connectivity index (χ4v) is 5.81. The Morgan fingerprint density at radius 1 is 0.529 bits per heavy atom. The number of rotatable bonds is 2. The first-order chi connectivity index (χ1) is 16.7. The van der Waals surface area contributed by atoms with Gasteiger partial charge in [0.2, 0.25) is 0 Å². The van der Waals surface area contributed by atoms with Gasteiger partial charge in [-0.05, 0) is 48.5 Å². The van der Waals surface area contributed by atoms with E-state index in [0.29, 0.717) is 0 Å². The zero-order valence-electron chi connectivity index (χ0n) is 17.9. The summed E-state index contributed by atoms with van der Waals surface area (Å²) in [5.41, 5.74) is 7.52. The molecule has 0 spiro atoms. The van der Waals surface area contributed by atoms with Crippen molar-refractivity contribution in [2.75, 3.05) is 0 Å². The first-order valence-corrected chi connectivity index (χ1v) is 12.7. The first-order valence-electron chi connectivity index (χ1n) is 11.1. The van der Waals surface area contributed by atoms with E-state index in [2.05, 4.69) is 127 Å². The van der Waals surface area contributed by atoms with Gasteiger partial charge in [-0.3, -0.25) is 0 Å². The van der Waals surface area contributed by atoms with Crippen molar-refractivity contribution in [3.05, 3.63) is 112 Å². The molecule has 162 valence electrons. The van der Waals surface area contributed by atoms with Crippen LogP contribution in [-0.2, 0) is 0 Å². The third kappa shape index (κ3) is 2.92. The Hall–Kier alpha value is -3.34. The summed E-state index contributed by atoms with van der Waals surface area (Å²) >= 11 is 7.33. The zero-order valence-corrected chi connectivity index (χ0v) is 21.1. The van der Waals surface area contributed by atoms with E-state index in [1.807, 2.05) is 12.1 Å². The van der Waals surface area contributed by atoms with E-state index in [4.69, 9.17) is 4.42 Å². The number of halogens is 2. The summed E-state index contributed by atoms with van der Waals surface area (Å²) in [7, 11) is 0. The minimum absolute atomic E-state index is 0.911. The molecule has 0 radical (unpaired) electrons. The van der Waals surface area contributed by atoms with Gasteiger partial charge < -0.3 is 8.98 Å². The summed E-state index contributed by atoms with van der Waals surface area (Å²) in [6, 6.07) is 36.2. The Bertz CT molecular complexity index is 1830. The number of hydrogen-bond acceptors (Lipinski definition) is 1. The van der Waals surface area contributed by atoms with Crippen LogP contribution >= 0.6 is 31.9 Å². The third-order valence-electron chi connectivity index (χ3n) is 6.53. The Balaban J connectivity index is 1.59. The Morgan fingerprint density at radius 2 is 1.15 bits per heavy atom. The number of para-hydroxylation sites is 3. The summed E-state index contributed by atoms with van der Waals surface area (Å²) in [4.78, 5) is 0. The maximum atomic E-state index is 6.40. The summed E-state index contributed by atoms with van der Waals surface area (Å²) in [6.07, 6.45) is 0. The van der Waals surface area contributed by atoms with E-state index in [0.717, 1.165) is 47.7 Å². The molecule has 0 aliphatic rings. The van der Waals surface area contributed by atoms with E-state index in [1.165, 1.54) is 21.8 Å². The summed E-state index contributed by atoms with van der Waals surface area (Å²) in [5.74, 6) is 0. The molecule has 4 heteroatoms. The van der Waals surface area contributed by atoms with Crippen LogP contribution < -0.4 is 0 Å². The minimum atomic E-state index is 0.911. The molecule has 0 saturated heterocycles. The number of hydrogen-bond donors (Lipinski definition) is 0. The predicted molar refractivity (Wildman–Crippen MR) is 149 cm³/mol. The maximum Gasteiger partial charge on any atom is 0.143 e. The van der Waals surface area contributed by atoms with Crippen molar-refractivity contribution in [2.45, 2.75) is 0 Å². The van der Waals surface area contributed by atoms with Gasteiger partial charge in [-0.25, -0.2) is 0 Å². The molecule has 0 aliphatic heterocycles. The highest BCUT2D eigenvalue weighted by atomic mass is 79.9. The summed E-state index contributed by atoms with van der Waals surface area (Å²) in [5, 5.41) is 4.70. The molecule has 0 amide bonds. The molecule has 2 heterocycles. The highest BCUT2D eigenvalue weighted by molar-refractivity contribution is 9.10. The highest BCUT2D eigenvalue weighted by Gasteiger charge is 2.18. The zero-order chi connectivity index (χ0) is 22.8. The van der Waals surface area contributed by atoms with Gasteiger partial charge in [0.1, 0.15) is 11.2 Å². The molecule has 2 nitrogen and oxygen atoms in total. The monoisotopic (exact) mass is 565 g/mol. The van der Waals surface area contributed by atoms with Crippen LogP contribution in [0.15, 0.2) is 116 Å². The molecule has 2 aromatic heterocycles. The van der Waals surface area contributed by atoms with Crippen molar-refractivity contribution in [1.82, 2.24) is 4.57 Å². The molecule has 0 atom stereocenters. The number of nitrogens with zero attached hydrogens (tertiary/aromatic N) is 1. The summed E-state index contributed by atoms with van der Waals surface area (Å²) in [6.45, 7) is 0. The van der Waals surface area contributed by atoms with Crippen molar-refractivity contribution < 1.29 is 4.42 Å². The molecule has 0 bridgehead atoms. The van der Waals surface area contributed by atoms with E-state index < -0.39 is 0 Å². The van der Waals surface area contributed by atoms with Gasteiger partial charge in [0.15, 0.2) is 0 Å². The Morgan fingerprint density at radius 3 is 1.91 bits per heavy atom. The van der Waals surface area contributed by atoms with Crippen LogP contribution in [0.25, 0.3) is 60.6 Å². The molecule has 0 aliphatic carbocycles. The average Bonchev–Trinajstić information content (AvgIpc) is 3.39. The normalized spacial score (nSPS) is 11.8. The van der Waals surface area contributed by atoms with Crippen molar-refractivity contribution in [2.24, 2.45) is 0 Å². The largest absolute Gasteiger partial charge is 0.455 e. The maximum absolute atomic E-state index is 6.40. The van der Waals surface area contributed by atoms with Gasteiger partial charge >= 0.3 is 0 Å². The minimum Gasteiger partial charge on any atom is -0.455 e. The Labute approximate surface area is 212 Å². The number of fused-ring (bicyclic) bond motifs is 6. The lowest BCUT2D eigenvalue weighted by Gasteiger charge is -2.14. The van der Waals surface area contributed by atoms with E-state index >= 15 is 0 Å². The van der Waals surface area contributed by atoms with Gasteiger partial charge in [-0.2, -0.15) is 0 Å². The van der Waals surface area contributed by atoms with Crippen LogP contribution in [0, 0.1) is 0 Å². The van der Waals surface area contributed by atoms with E-state index in [1.54, 1.807) is 0 Å². The Kier molecular flexibility index (Phi) is 4.48. The van der Waals surface area contributed by atoms with Crippen LogP contribution in [-0.4, -0.2) is 4.57 Å². The second kappa shape index (κ2) is 7.59. The molecule has 0 saturated carbocycles. The second-order valence-corrected chi connectivity index (χ2v) is 10.3. The second-order valence-electron chi connectivity index (χ2n) is 8.46. The molecule has 0 fully saturated rings.